The van der Waals surface area contributed by atoms with Gasteiger partial charge in [0.25, 0.3) is 5.91 Å². The fourth-order valence-electron chi connectivity index (χ4n) is 1.34. The van der Waals surface area contributed by atoms with E-state index in [9.17, 15) is 13.2 Å². The van der Waals surface area contributed by atoms with Crippen LogP contribution in [0.1, 0.15) is 30.8 Å². The van der Waals surface area contributed by atoms with Crippen molar-refractivity contribution in [2.24, 2.45) is 0 Å². The van der Waals surface area contributed by atoms with Crippen molar-refractivity contribution in [3.8, 4) is 0 Å². The second-order valence-electron chi connectivity index (χ2n) is 4.21. The van der Waals surface area contributed by atoms with Gasteiger partial charge in [-0.05, 0) is 6.42 Å². The SMILES string of the molecule is CCCNc1cnc(C(=O)NCCS(=O)(=O)CC)cn1. The normalized spacial score (nSPS) is 11.1. The van der Waals surface area contributed by atoms with Crippen LogP contribution < -0.4 is 10.6 Å². The molecule has 20 heavy (non-hydrogen) atoms. The first kappa shape index (κ1) is 16.4. The molecule has 0 atom stereocenters. The summed E-state index contributed by atoms with van der Waals surface area (Å²) in [5.41, 5.74) is 0.168. The van der Waals surface area contributed by atoms with Crippen LogP contribution >= 0.6 is 0 Å². The lowest BCUT2D eigenvalue weighted by atomic mass is 10.4. The number of anilines is 1. The Labute approximate surface area is 119 Å². The van der Waals surface area contributed by atoms with Crippen molar-refractivity contribution < 1.29 is 13.2 Å². The van der Waals surface area contributed by atoms with Crippen LogP contribution in [0.3, 0.4) is 0 Å². The average Bonchev–Trinajstić information content (AvgIpc) is 2.45. The second kappa shape index (κ2) is 7.78. The summed E-state index contributed by atoms with van der Waals surface area (Å²) in [7, 11) is -3.08. The zero-order valence-electron chi connectivity index (χ0n) is 11.7. The summed E-state index contributed by atoms with van der Waals surface area (Å²) < 4.78 is 22.5. The molecule has 112 valence electrons. The molecule has 1 aromatic heterocycles. The van der Waals surface area contributed by atoms with Gasteiger partial charge in [0, 0.05) is 18.8 Å². The molecular weight excluding hydrogens is 280 g/mol. The highest BCUT2D eigenvalue weighted by Crippen LogP contribution is 2.01. The molecule has 0 aromatic carbocycles. The van der Waals surface area contributed by atoms with Crippen molar-refractivity contribution >= 4 is 21.6 Å². The van der Waals surface area contributed by atoms with Crippen LogP contribution in [0.4, 0.5) is 5.82 Å². The smallest absolute Gasteiger partial charge is 0.271 e. The number of nitrogens with zero attached hydrogens (tertiary/aromatic N) is 2. The lowest BCUT2D eigenvalue weighted by Crippen LogP contribution is -2.30. The van der Waals surface area contributed by atoms with Gasteiger partial charge in [-0.25, -0.2) is 18.4 Å². The minimum Gasteiger partial charge on any atom is -0.369 e. The van der Waals surface area contributed by atoms with Gasteiger partial charge in [0.2, 0.25) is 0 Å². The van der Waals surface area contributed by atoms with E-state index in [1.165, 1.54) is 12.4 Å². The molecule has 1 heterocycles. The topological polar surface area (TPSA) is 101 Å². The number of carbonyl (C=O) groups is 1. The number of hydrogen-bond acceptors (Lipinski definition) is 6. The zero-order valence-corrected chi connectivity index (χ0v) is 12.5. The Morgan fingerprint density at radius 3 is 2.50 bits per heavy atom. The molecular formula is C12H20N4O3S. The maximum atomic E-state index is 11.7. The van der Waals surface area contributed by atoms with E-state index >= 15 is 0 Å². The van der Waals surface area contributed by atoms with Gasteiger partial charge in [-0.2, -0.15) is 0 Å². The van der Waals surface area contributed by atoms with Gasteiger partial charge in [-0.3, -0.25) is 4.79 Å². The minimum atomic E-state index is -3.08. The molecule has 0 fully saturated rings. The van der Waals surface area contributed by atoms with E-state index in [0.29, 0.717) is 5.82 Å². The highest BCUT2D eigenvalue weighted by atomic mass is 32.2. The molecule has 7 nitrogen and oxygen atoms in total. The number of aromatic nitrogens is 2. The molecule has 1 rings (SSSR count). The van der Waals surface area contributed by atoms with Crippen molar-refractivity contribution in [3.05, 3.63) is 18.1 Å². The maximum absolute atomic E-state index is 11.7. The molecule has 2 N–H and O–H groups in total. The summed E-state index contributed by atoms with van der Waals surface area (Å²) >= 11 is 0. The molecule has 8 heteroatoms. The third-order valence-electron chi connectivity index (χ3n) is 2.58. The Morgan fingerprint density at radius 2 is 1.95 bits per heavy atom. The maximum Gasteiger partial charge on any atom is 0.271 e. The monoisotopic (exact) mass is 300 g/mol. The average molecular weight is 300 g/mol. The number of sulfone groups is 1. The van der Waals surface area contributed by atoms with Gasteiger partial charge in [0.05, 0.1) is 18.1 Å². The third kappa shape index (κ3) is 5.52. The molecule has 0 unspecified atom stereocenters. The quantitative estimate of drug-likeness (QED) is 0.723. The van der Waals surface area contributed by atoms with Crippen molar-refractivity contribution in [2.45, 2.75) is 20.3 Å². The molecule has 0 bridgehead atoms. The van der Waals surface area contributed by atoms with Gasteiger partial charge in [0.15, 0.2) is 9.84 Å². The predicted molar refractivity (Wildman–Crippen MR) is 77.5 cm³/mol. The molecule has 1 aromatic rings. The number of nitrogens with one attached hydrogen (secondary N) is 2. The van der Waals surface area contributed by atoms with E-state index in [4.69, 9.17) is 0 Å². The molecule has 0 aliphatic heterocycles. The van der Waals surface area contributed by atoms with E-state index in [2.05, 4.69) is 20.6 Å². The zero-order chi connectivity index (χ0) is 15.0. The summed E-state index contributed by atoms with van der Waals surface area (Å²) in [5, 5.41) is 5.56. The predicted octanol–water partition coefficient (Wildman–Crippen LogP) is 0.463. The number of carbonyl (C=O) groups excluding carboxylic acids is 1. The molecule has 0 spiro atoms. The number of amides is 1. The molecule has 0 saturated heterocycles. The van der Waals surface area contributed by atoms with Crippen LogP contribution in [0.2, 0.25) is 0 Å². The molecule has 0 aliphatic carbocycles. The van der Waals surface area contributed by atoms with Crippen molar-refractivity contribution in [3.63, 3.8) is 0 Å². The summed E-state index contributed by atoms with van der Waals surface area (Å²) in [4.78, 5) is 19.8. The first-order chi connectivity index (χ1) is 9.48. The highest BCUT2D eigenvalue weighted by Gasteiger charge is 2.11. The van der Waals surface area contributed by atoms with Crippen molar-refractivity contribution in [1.29, 1.82) is 0 Å². The summed E-state index contributed by atoms with van der Waals surface area (Å²) in [6.45, 7) is 4.47. The number of hydrogen-bond donors (Lipinski definition) is 2. The van der Waals surface area contributed by atoms with E-state index in [1.54, 1.807) is 6.92 Å². The largest absolute Gasteiger partial charge is 0.369 e. The Hall–Kier alpha value is -1.70. The van der Waals surface area contributed by atoms with E-state index in [0.717, 1.165) is 13.0 Å². The van der Waals surface area contributed by atoms with Crippen LogP contribution in [-0.4, -0.2) is 48.9 Å². The molecule has 0 radical (unpaired) electrons. The fourth-order valence-corrected chi connectivity index (χ4v) is 2.05. The van der Waals surface area contributed by atoms with E-state index < -0.39 is 15.7 Å². The summed E-state index contributed by atoms with van der Waals surface area (Å²) in [6.07, 6.45) is 3.81. The second-order valence-corrected chi connectivity index (χ2v) is 6.68. The number of rotatable bonds is 8. The van der Waals surface area contributed by atoms with Crippen LogP contribution in [-0.2, 0) is 9.84 Å². The van der Waals surface area contributed by atoms with Gasteiger partial charge in [0.1, 0.15) is 11.5 Å². The van der Waals surface area contributed by atoms with Gasteiger partial charge >= 0.3 is 0 Å². The lowest BCUT2D eigenvalue weighted by molar-refractivity contribution is 0.0951. The van der Waals surface area contributed by atoms with Gasteiger partial charge in [-0.15, -0.1) is 0 Å². The van der Waals surface area contributed by atoms with E-state index in [-0.39, 0.29) is 23.7 Å². The Morgan fingerprint density at radius 1 is 1.20 bits per heavy atom. The minimum absolute atomic E-state index is 0.0699. The van der Waals surface area contributed by atoms with Crippen LogP contribution in [0.5, 0.6) is 0 Å². The van der Waals surface area contributed by atoms with Crippen LogP contribution in [0.25, 0.3) is 0 Å². The Bertz CT molecular complexity index is 528. The highest BCUT2D eigenvalue weighted by molar-refractivity contribution is 7.91. The molecule has 0 aliphatic rings. The fraction of sp³-hybridized carbons (Fsp3) is 0.583. The van der Waals surface area contributed by atoms with Crippen LogP contribution in [0.15, 0.2) is 12.4 Å². The van der Waals surface area contributed by atoms with Gasteiger partial charge < -0.3 is 10.6 Å². The first-order valence-corrected chi connectivity index (χ1v) is 8.35. The lowest BCUT2D eigenvalue weighted by Gasteiger charge is -2.06. The standard InChI is InChI=1S/C12H20N4O3S/c1-3-5-13-11-9-15-10(8-16-11)12(17)14-6-7-20(18,19)4-2/h8-9H,3-7H2,1-2H3,(H,13,16)(H,14,17). The third-order valence-corrected chi connectivity index (χ3v) is 4.28. The van der Waals surface area contributed by atoms with Crippen molar-refractivity contribution in [1.82, 2.24) is 15.3 Å². The van der Waals surface area contributed by atoms with Crippen LogP contribution in [0, 0.1) is 0 Å². The molecule has 1 amide bonds. The molecule has 0 saturated carbocycles. The summed E-state index contributed by atoms with van der Waals surface area (Å²) in [6, 6.07) is 0. The first-order valence-electron chi connectivity index (χ1n) is 6.53. The Kier molecular flexibility index (Phi) is 6.37. The summed E-state index contributed by atoms with van der Waals surface area (Å²) in [5.74, 6) is 0.182. The van der Waals surface area contributed by atoms with Gasteiger partial charge in [-0.1, -0.05) is 13.8 Å². The Balaban J connectivity index is 2.47. The van der Waals surface area contributed by atoms with E-state index in [1.807, 2.05) is 6.92 Å². The van der Waals surface area contributed by atoms with Crippen molar-refractivity contribution in [2.75, 3.05) is 29.9 Å².